The van der Waals surface area contributed by atoms with Crippen molar-refractivity contribution in [3.8, 4) is 11.5 Å². The van der Waals surface area contributed by atoms with Gasteiger partial charge in [-0.05, 0) is 233 Å². The molecule has 24 heteroatoms. The van der Waals surface area contributed by atoms with Gasteiger partial charge < -0.3 is 40.5 Å². The van der Waals surface area contributed by atoms with Gasteiger partial charge in [0.2, 0.25) is 0 Å². The molecule has 0 spiro atoms. The highest BCUT2D eigenvalue weighted by Crippen LogP contribution is 2.25. The average molecular weight is 1660 g/mol. The lowest BCUT2D eigenvalue weighted by atomic mass is 9.99. The van der Waals surface area contributed by atoms with E-state index in [0.29, 0.717) is 88.6 Å². The minimum Gasteiger partial charge on any atom is -0.481 e. The van der Waals surface area contributed by atoms with Crippen molar-refractivity contribution < 1.29 is 108 Å². The summed E-state index contributed by atoms with van der Waals surface area (Å²) < 4.78 is 5.61. The lowest BCUT2D eigenvalue weighted by molar-refractivity contribution is -0.138. The second-order valence-electron chi connectivity index (χ2n) is 28.3. The Bertz CT molecular complexity index is 4690. The molecule has 8 aromatic carbocycles. The maximum Gasteiger partial charge on any atom is 0.303 e. The number of aryl methyl sites for hydroxylation is 10. The number of benzene rings is 8. The van der Waals surface area contributed by atoms with Gasteiger partial charge in [-0.15, -0.1) is 0 Å². The molecule has 0 saturated heterocycles. The first-order valence-electron chi connectivity index (χ1n) is 38.6. The third kappa shape index (κ3) is 44.8. The number of hydrogen-bond acceptors (Lipinski definition) is 15. The predicted octanol–water partition coefficient (Wildman–Crippen LogP) is 21.4. The molecule has 0 unspecified atom stereocenters. The Hall–Kier alpha value is -11.9. The summed E-state index contributed by atoms with van der Waals surface area (Å²) >= 11 is 11.7. The number of carboxylic acid groups (broad SMARTS) is 7. The van der Waals surface area contributed by atoms with Gasteiger partial charge in [-0.2, -0.15) is 0 Å². The van der Waals surface area contributed by atoms with E-state index in [0.717, 1.165) is 86.2 Å². The highest BCUT2D eigenvalue weighted by molar-refractivity contribution is 6.36. The summed E-state index contributed by atoms with van der Waals surface area (Å²) in [5.41, 5.74) is 14.9. The number of hydrogen-bond donors (Lipinski definition) is 7. The number of halogens is 2. The van der Waals surface area contributed by atoms with Crippen molar-refractivity contribution in [2.45, 2.75) is 210 Å². The Balaban J connectivity index is 0.000000468. The molecular formula is C94H108Cl2O22. The van der Waals surface area contributed by atoms with E-state index >= 15 is 0 Å². The molecule has 8 aromatic rings. The summed E-state index contributed by atoms with van der Waals surface area (Å²) in [5.74, 6) is -5.15. The zero-order valence-electron chi connectivity index (χ0n) is 68.7. The van der Waals surface area contributed by atoms with E-state index < -0.39 is 41.8 Å². The number of carbonyl (C=O) groups is 14. The molecule has 0 aromatic heterocycles. The second-order valence-corrected chi connectivity index (χ2v) is 29.1. The van der Waals surface area contributed by atoms with Crippen LogP contribution < -0.4 is 4.74 Å². The average Bonchev–Trinajstić information content (AvgIpc) is 1.03. The summed E-state index contributed by atoms with van der Waals surface area (Å²) in [4.78, 5) is 154. The van der Waals surface area contributed by atoms with Crippen molar-refractivity contribution in [3.63, 3.8) is 0 Å². The van der Waals surface area contributed by atoms with Crippen molar-refractivity contribution in [1.82, 2.24) is 0 Å². The van der Waals surface area contributed by atoms with Gasteiger partial charge in [0.05, 0.1) is 30.7 Å². The van der Waals surface area contributed by atoms with Crippen LogP contribution in [0.15, 0.2) is 164 Å². The van der Waals surface area contributed by atoms with E-state index in [9.17, 15) is 67.1 Å². The zero-order chi connectivity index (χ0) is 88.6. The quantitative estimate of drug-likeness (QED) is 0.0140. The van der Waals surface area contributed by atoms with Gasteiger partial charge in [-0.3, -0.25) is 67.1 Å². The van der Waals surface area contributed by atoms with Crippen molar-refractivity contribution in [2.24, 2.45) is 0 Å². The third-order valence-electron chi connectivity index (χ3n) is 17.7. The number of Topliss-reactive ketones (excluding diaryl/α,β-unsaturated/α-hetero) is 7. The summed E-state index contributed by atoms with van der Waals surface area (Å²) in [6, 6.07) is 48.9. The number of rotatable bonds is 38. The number of ketones is 7. The van der Waals surface area contributed by atoms with E-state index in [1.54, 1.807) is 66.7 Å². The zero-order valence-corrected chi connectivity index (χ0v) is 70.2. The molecule has 0 bridgehead atoms. The molecule has 7 N–H and O–H groups in total. The number of carboxylic acids is 7. The predicted molar refractivity (Wildman–Crippen MR) is 454 cm³/mol. The SMILES string of the molecule is Cc1cc(C)cc(C(=O)CCC(=O)O)c1.Cc1cc(C)cc(C(=O)CCCCCCC(=O)O)c1.Cc1ccc(C(=O)CCC(=O)O)cc1C.Cc1ccc(C(=O)CCCCC(=O)O)cc1C.Cc1ccc(C)c(C(=O)CCC(=O)O)c1.O=C(O)CCC(=O)c1ccc(Oc2ccccc2)cc1.O=C(O)CCCCC(=O)c1cc(Cl)ccc1Cl. The first-order chi connectivity index (χ1) is 55.6. The monoisotopic (exact) mass is 1660 g/mol. The summed E-state index contributed by atoms with van der Waals surface area (Å²) in [6.07, 6.45) is 7.02. The molecule has 118 heavy (non-hydrogen) atoms. The Labute approximate surface area is 699 Å². The van der Waals surface area contributed by atoms with E-state index in [2.05, 4.69) is 6.07 Å². The Morgan fingerprint density at radius 1 is 0.237 bits per heavy atom. The van der Waals surface area contributed by atoms with Gasteiger partial charge in [0.15, 0.2) is 40.5 Å². The van der Waals surface area contributed by atoms with E-state index in [4.69, 9.17) is 63.7 Å². The highest BCUT2D eigenvalue weighted by atomic mass is 35.5. The number of carbonyl (C=O) groups excluding carboxylic acids is 7. The maximum absolute atomic E-state index is 12.0. The highest BCUT2D eigenvalue weighted by Gasteiger charge is 2.17. The van der Waals surface area contributed by atoms with Crippen molar-refractivity contribution in [1.29, 1.82) is 0 Å². The number of para-hydroxylation sites is 1. The maximum atomic E-state index is 12.0. The number of aliphatic carboxylic acids is 7. The van der Waals surface area contributed by atoms with Gasteiger partial charge in [-0.1, -0.05) is 131 Å². The van der Waals surface area contributed by atoms with Crippen LogP contribution in [-0.4, -0.2) is 118 Å². The minimum atomic E-state index is -0.970. The molecule has 0 radical (unpaired) electrons. The molecule has 0 fully saturated rings. The van der Waals surface area contributed by atoms with Gasteiger partial charge >= 0.3 is 41.8 Å². The van der Waals surface area contributed by atoms with E-state index in [1.165, 1.54) is 11.6 Å². The van der Waals surface area contributed by atoms with E-state index in [-0.39, 0.29) is 118 Å². The molecule has 0 atom stereocenters. The molecule has 0 aliphatic carbocycles. The number of ether oxygens (including phenoxy) is 1. The van der Waals surface area contributed by atoms with Crippen LogP contribution in [0.25, 0.3) is 0 Å². The summed E-state index contributed by atoms with van der Waals surface area (Å²) in [5, 5.41) is 60.2. The third-order valence-corrected chi connectivity index (χ3v) is 18.3. The fraction of sp³-hybridized carbons (Fsp3) is 0.340. The van der Waals surface area contributed by atoms with Crippen LogP contribution >= 0.6 is 23.2 Å². The first-order valence-corrected chi connectivity index (χ1v) is 39.3. The molecule has 22 nitrogen and oxygen atoms in total. The molecule has 630 valence electrons. The van der Waals surface area contributed by atoms with Gasteiger partial charge in [0.25, 0.3) is 0 Å². The first kappa shape index (κ1) is 102. The van der Waals surface area contributed by atoms with Crippen LogP contribution in [0.2, 0.25) is 10.0 Å². The largest absolute Gasteiger partial charge is 0.481 e. The molecule has 0 amide bonds. The number of unbranched alkanes of at least 4 members (excludes halogenated alkanes) is 5. The van der Waals surface area contributed by atoms with Gasteiger partial charge in [0, 0.05) is 108 Å². The van der Waals surface area contributed by atoms with E-state index in [1.807, 2.05) is 154 Å². The molecule has 0 heterocycles. The van der Waals surface area contributed by atoms with Crippen molar-refractivity contribution >= 4 is 105 Å². The van der Waals surface area contributed by atoms with Crippen LogP contribution in [0.1, 0.15) is 269 Å². The lowest BCUT2D eigenvalue weighted by Crippen LogP contribution is -2.05. The Morgan fingerprint density at radius 2 is 0.551 bits per heavy atom. The molecule has 0 saturated carbocycles. The van der Waals surface area contributed by atoms with Gasteiger partial charge in [-0.25, -0.2) is 0 Å². The van der Waals surface area contributed by atoms with Crippen LogP contribution in [0.4, 0.5) is 0 Å². The molecular weight excluding hydrogens is 1550 g/mol. The Morgan fingerprint density at radius 3 is 0.958 bits per heavy atom. The fourth-order valence-electron chi connectivity index (χ4n) is 11.1. The van der Waals surface area contributed by atoms with Crippen molar-refractivity contribution in [2.75, 3.05) is 0 Å². The molecule has 8 rings (SSSR count). The summed E-state index contributed by atoms with van der Waals surface area (Å²) in [6.45, 7) is 19.5. The Kier molecular flexibility index (Phi) is 48.2. The van der Waals surface area contributed by atoms with Crippen LogP contribution in [0, 0.1) is 69.2 Å². The van der Waals surface area contributed by atoms with Crippen LogP contribution in [-0.2, 0) is 33.6 Å². The fourth-order valence-corrected chi connectivity index (χ4v) is 11.5. The smallest absolute Gasteiger partial charge is 0.303 e. The normalized spacial score (nSPS) is 10.1. The van der Waals surface area contributed by atoms with Crippen LogP contribution in [0.5, 0.6) is 11.5 Å². The topological polar surface area (TPSA) is 390 Å². The standard InChI is InChI=1S/C16H14O4.C16H22O3.C14H18O3.C12H12Cl2O3.3C12H14O3/c17-15(10-11-16(18)19)12-6-8-14(9-7-12)20-13-4-2-1-3-5-13;1-12-9-13(2)11-14(10-12)15(17)7-5-3-4-6-8-16(18)19;1-10-7-8-12(9-11(10)2)13(15)5-3-4-6-14(16)17;13-8-5-6-10(14)9(7-8)11(15)3-1-2-4-12(16)17;1-8-5-9(2)7-10(6-8)11(13)3-4-12(14)15;1-8-3-4-10(7-9(8)2)11(13)5-6-12(14)15;1-8-3-4-9(2)10(7-8)11(13)5-6-12(14)15/h1-9H,10-11H2,(H,18,19);9-11H,3-8H2,1-2H3,(H,18,19);7-9H,3-6H2,1-2H3,(H,16,17);5-7H,1-4H2,(H,16,17);5-7H,3-4H2,1-2H3,(H,14,15);2*3-4,7H,5-6H2,1-2H3,(H,14,15). The van der Waals surface area contributed by atoms with Crippen LogP contribution in [0.3, 0.4) is 0 Å². The molecule has 0 aliphatic rings. The van der Waals surface area contributed by atoms with Gasteiger partial charge in [0.1, 0.15) is 11.5 Å². The molecule has 0 aliphatic heterocycles. The summed E-state index contributed by atoms with van der Waals surface area (Å²) in [7, 11) is 0. The van der Waals surface area contributed by atoms with Crippen molar-refractivity contribution in [3.05, 3.63) is 268 Å². The minimum absolute atomic E-state index is 0.00816. The second kappa shape index (κ2) is 55.6. The lowest BCUT2D eigenvalue weighted by Gasteiger charge is -2.06.